The van der Waals surface area contributed by atoms with Crippen LogP contribution in [0.15, 0.2) is 67.0 Å². The van der Waals surface area contributed by atoms with Gasteiger partial charge >= 0.3 is 5.97 Å². The number of hydrogen-bond acceptors (Lipinski definition) is 3. The molecule has 0 unspecified atom stereocenters. The van der Waals surface area contributed by atoms with Gasteiger partial charge in [0, 0.05) is 29.8 Å². The molecular formula is C19H14F2N2O3. The number of anilines is 1. The van der Waals surface area contributed by atoms with Gasteiger partial charge in [0.2, 0.25) is 0 Å². The second-order valence-corrected chi connectivity index (χ2v) is 5.39. The van der Waals surface area contributed by atoms with Gasteiger partial charge in [-0.1, -0.05) is 0 Å². The lowest BCUT2D eigenvalue weighted by Crippen LogP contribution is -2.21. The Morgan fingerprint density at radius 2 is 1.65 bits per heavy atom. The summed E-state index contributed by atoms with van der Waals surface area (Å²) in [6.07, 6.45) is 3.74. The molecule has 2 aromatic carbocycles. The van der Waals surface area contributed by atoms with E-state index in [1.165, 1.54) is 6.07 Å². The highest BCUT2D eigenvalue weighted by Gasteiger charge is 2.11. The number of carbonyl (C=O) groups is 2. The summed E-state index contributed by atoms with van der Waals surface area (Å²) < 4.78 is 32.7. The summed E-state index contributed by atoms with van der Waals surface area (Å²) in [7, 11) is 0. The maximum Gasteiger partial charge on any atom is 0.338 e. The predicted octanol–water partition coefficient (Wildman–Crippen LogP) is 3.55. The van der Waals surface area contributed by atoms with E-state index >= 15 is 0 Å². The number of amides is 1. The molecule has 132 valence electrons. The number of halogens is 2. The Bertz CT molecular complexity index is 922. The normalized spacial score (nSPS) is 10.4. The van der Waals surface area contributed by atoms with Crippen LogP contribution in [0.5, 0.6) is 0 Å². The van der Waals surface area contributed by atoms with Crippen LogP contribution >= 0.6 is 0 Å². The van der Waals surface area contributed by atoms with E-state index in [0.29, 0.717) is 5.56 Å². The molecule has 0 spiro atoms. The third-order valence-corrected chi connectivity index (χ3v) is 3.54. The van der Waals surface area contributed by atoms with Crippen molar-refractivity contribution >= 4 is 17.6 Å². The Hall–Kier alpha value is -3.48. The van der Waals surface area contributed by atoms with Crippen LogP contribution in [0.4, 0.5) is 14.5 Å². The summed E-state index contributed by atoms with van der Waals surface area (Å²) in [5, 5.41) is 2.32. The lowest BCUT2D eigenvalue weighted by atomic mass is 10.2. The number of aromatic nitrogens is 1. The van der Waals surface area contributed by atoms with Crippen molar-refractivity contribution in [3.05, 3.63) is 84.2 Å². The number of esters is 1. The Morgan fingerprint density at radius 3 is 2.31 bits per heavy atom. The molecule has 0 saturated carbocycles. The van der Waals surface area contributed by atoms with E-state index < -0.39 is 30.1 Å². The Kier molecular flexibility index (Phi) is 5.07. The zero-order valence-corrected chi connectivity index (χ0v) is 13.5. The zero-order chi connectivity index (χ0) is 18.5. The first-order valence-electron chi connectivity index (χ1n) is 7.68. The number of nitrogens with zero attached hydrogens (tertiary/aromatic N) is 1. The Labute approximate surface area is 147 Å². The number of carbonyl (C=O) groups excluding carboxylic acids is 2. The minimum Gasteiger partial charge on any atom is -0.452 e. The average molecular weight is 356 g/mol. The van der Waals surface area contributed by atoms with Crippen LogP contribution in [0.1, 0.15) is 10.4 Å². The number of hydrogen-bond donors (Lipinski definition) is 1. The minimum atomic E-state index is -1.08. The maximum atomic E-state index is 13.1. The molecule has 1 N–H and O–H groups in total. The molecule has 0 bridgehead atoms. The molecule has 1 aromatic heterocycles. The van der Waals surface area contributed by atoms with Crippen molar-refractivity contribution in [1.29, 1.82) is 0 Å². The summed E-state index contributed by atoms with van der Waals surface area (Å²) in [5.41, 5.74) is 1.24. The van der Waals surface area contributed by atoms with Crippen LogP contribution in [-0.4, -0.2) is 23.1 Å². The fourth-order valence-corrected chi connectivity index (χ4v) is 2.26. The Morgan fingerprint density at radius 1 is 0.962 bits per heavy atom. The summed E-state index contributed by atoms with van der Waals surface area (Å²) in [6, 6.07) is 13.4. The second-order valence-electron chi connectivity index (χ2n) is 5.39. The van der Waals surface area contributed by atoms with E-state index in [2.05, 4.69) is 5.32 Å². The van der Waals surface area contributed by atoms with Crippen molar-refractivity contribution in [2.45, 2.75) is 0 Å². The largest absolute Gasteiger partial charge is 0.452 e. The van der Waals surface area contributed by atoms with Crippen molar-refractivity contribution in [2.24, 2.45) is 0 Å². The first-order valence-corrected chi connectivity index (χ1v) is 7.68. The molecule has 0 fully saturated rings. The van der Waals surface area contributed by atoms with Gasteiger partial charge < -0.3 is 14.6 Å². The summed E-state index contributed by atoms with van der Waals surface area (Å²) in [4.78, 5) is 23.7. The highest BCUT2D eigenvalue weighted by molar-refractivity contribution is 5.95. The molecule has 5 nitrogen and oxygen atoms in total. The van der Waals surface area contributed by atoms with E-state index in [9.17, 15) is 18.4 Å². The van der Waals surface area contributed by atoms with Gasteiger partial charge in [-0.3, -0.25) is 4.79 Å². The minimum absolute atomic E-state index is 0.0704. The van der Waals surface area contributed by atoms with Crippen LogP contribution in [0.2, 0.25) is 0 Å². The third kappa shape index (κ3) is 4.13. The third-order valence-electron chi connectivity index (χ3n) is 3.54. The number of rotatable bonds is 5. The van der Waals surface area contributed by atoms with Crippen molar-refractivity contribution < 1.29 is 23.1 Å². The van der Waals surface area contributed by atoms with Gasteiger partial charge in [-0.05, 0) is 48.5 Å². The van der Waals surface area contributed by atoms with Gasteiger partial charge in [0.25, 0.3) is 5.91 Å². The van der Waals surface area contributed by atoms with E-state index in [-0.39, 0.29) is 5.69 Å². The fourth-order valence-electron chi connectivity index (χ4n) is 2.26. The molecule has 7 heteroatoms. The molecule has 0 saturated heterocycles. The predicted molar refractivity (Wildman–Crippen MR) is 91.0 cm³/mol. The van der Waals surface area contributed by atoms with Gasteiger partial charge in [-0.25, -0.2) is 13.6 Å². The topological polar surface area (TPSA) is 60.3 Å². The van der Waals surface area contributed by atoms with Crippen LogP contribution in [0.3, 0.4) is 0 Å². The van der Waals surface area contributed by atoms with Gasteiger partial charge in [0.1, 0.15) is 0 Å². The molecular weight excluding hydrogens is 342 g/mol. The van der Waals surface area contributed by atoms with Crippen LogP contribution in [0, 0.1) is 11.6 Å². The molecule has 3 aromatic rings. The van der Waals surface area contributed by atoms with E-state index in [4.69, 9.17) is 4.74 Å². The summed E-state index contributed by atoms with van der Waals surface area (Å²) in [6.45, 7) is -0.544. The van der Waals surface area contributed by atoms with Crippen LogP contribution in [0.25, 0.3) is 5.69 Å². The smallest absolute Gasteiger partial charge is 0.338 e. The highest BCUT2D eigenvalue weighted by atomic mass is 19.2. The first kappa shape index (κ1) is 17.3. The molecule has 1 heterocycles. The number of nitrogens with one attached hydrogen (secondary N) is 1. The van der Waals surface area contributed by atoms with Gasteiger partial charge in [-0.2, -0.15) is 0 Å². The summed E-state index contributed by atoms with van der Waals surface area (Å²) >= 11 is 0. The monoisotopic (exact) mass is 356 g/mol. The molecule has 0 atom stereocenters. The second kappa shape index (κ2) is 7.60. The van der Waals surface area contributed by atoms with E-state index in [1.54, 1.807) is 24.3 Å². The average Bonchev–Trinajstić information content (AvgIpc) is 3.18. The molecule has 0 aliphatic heterocycles. The quantitative estimate of drug-likeness (QED) is 0.711. The number of benzene rings is 2. The SMILES string of the molecule is O=C(COC(=O)c1ccc(-n2cccc2)cc1)Nc1ccc(F)c(F)c1. The Balaban J connectivity index is 1.54. The molecule has 3 rings (SSSR count). The molecule has 1 amide bonds. The first-order chi connectivity index (χ1) is 12.5. The van der Waals surface area contributed by atoms with Crippen LogP contribution in [-0.2, 0) is 9.53 Å². The standard InChI is InChI=1S/C19H14F2N2O3/c20-16-8-5-14(11-17(16)21)22-18(24)12-26-19(25)13-3-6-15(7-4-13)23-9-1-2-10-23/h1-11H,12H2,(H,22,24). The van der Waals surface area contributed by atoms with Crippen molar-refractivity contribution in [3.8, 4) is 5.69 Å². The molecule has 0 radical (unpaired) electrons. The summed E-state index contributed by atoms with van der Waals surface area (Å²) in [5.74, 6) is -3.42. The highest BCUT2D eigenvalue weighted by Crippen LogP contribution is 2.13. The van der Waals surface area contributed by atoms with Gasteiger partial charge in [-0.15, -0.1) is 0 Å². The van der Waals surface area contributed by atoms with E-state index in [1.807, 2.05) is 29.1 Å². The zero-order valence-electron chi connectivity index (χ0n) is 13.5. The van der Waals surface area contributed by atoms with Crippen molar-refractivity contribution in [3.63, 3.8) is 0 Å². The number of ether oxygens (including phenoxy) is 1. The van der Waals surface area contributed by atoms with Crippen molar-refractivity contribution in [1.82, 2.24) is 4.57 Å². The molecule has 0 aliphatic rings. The van der Waals surface area contributed by atoms with Crippen LogP contribution < -0.4 is 5.32 Å². The van der Waals surface area contributed by atoms with Gasteiger partial charge in [0.05, 0.1) is 5.56 Å². The lowest BCUT2D eigenvalue weighted by molar-refractivity contribution is -0.119. The maximum absolute atomic E-state index is 13.1. The molecule has 26 heavy (non-hydrogen) atoms. The lowest BCUT2D eigenvalue weighted by Gasteiger charge is -2.08. The van der Waals surface area contributed by atoms with Crippen molar-refractivity contribution in [2.75, 3.05) is 11.9 Å². The van der Waals surface area contributed by atoms with Gasteiger partial charge in [0.15, 0.2) is 18.2 Å². The van der Waals surface area contributed by atoms with E-state index in [0.717, 1.165) is 17.8 Å². The molecule has 0 aliphatic carbocycles. The fraction of sp³-hybridized carbons (Fsp3) is 0.0526.